The number of hydrogen-bond donors (Lipinski definition) is 0. The number of thioether (sulfide) groups is 1. The molecule has 0 spiro atoms. The molecule has 0 atom stereocenters. The molecule has 2 nitrogen and oxygen atoms in total. The Bertz CT molecular complexity index is 454. The zero-order valence-corrected chi connectivity index (χ0v) is 17.3. The van der Waals surface area contributed by atoms with Crippen LogP contribution in [0.25, 0.3) is 0 Å². The van der Waals surface area contributed by atoms with E-state index in [-0.39, 0.29) is 4.75 Å². The third-order valence-electron chi connectivity index (χ3n) is 3.56. The van der Waals surface area contributed by atoms with Crippen molar-refractivity contribution in [2.45, 2.75) is 45.3 Å². The summed E-state index contributed by atoms with van der Waals surface area (Å²) in [6.45, 7) is 9.69. The van der Waals surface area contributed by atoms with E-state index in [1.807, 2.05) is 25.6 Å². The zero-order chi connectivity index (χ0) is 16.5. The van der Waals surface area contributed by atoms with Crippen LogP contribution in [0.1, 0.15) is 46.1 Å². The average Bonchev–Trinajstić information content (AvgIpc) is 2.53. The molecule has 0 fully saturated rings. The Labute approximate surface area is 149 Å². The summed E-state index contributed by atoms with van der Waals surface area (Å²) in [7, 11) is 0. The Kier molecular flexibility index (Phi) is 9.68. The number of rotatable bonds is 11. The molecule has 0 saturated heterocycles. The summed E-state index contributed by atoms with van der Waals surface area (Å²) in [5, 5.41) is 0.897. The molecule has 0 unspecified atom stereocenters. The van der Waals surface area contributed by atoms with E-state index < -0.39 is 5.69 Å². The van der Waals surface area contributed by atoms with Gasteiger partial charge in [-0.2, -0.15) is 0 Å². The average molecular weight is 379 g/mol. The summed E-state index contributed by atoms with van der Waals surface area (Å²) < 4.78 is 11.6. The lowest BCUT2D eigenvalue weighted by atomic mass is 9.93. The first-order valence-electron chi connectivity index (χ1n) is 7.79. The number of hydrogen-bond acceptors (Lipinski definition) is 5. The van der Waals surface area contributed by atoms with Gasteiger partial charge in [0.05, 0.1) is 13.2 Å². The summed E-state index contributed by atoms with van der Waals surface area (Å²) in [5.74, 6) is 0. The van der Waals surface area contributed by atoms with Crippen molar-refractivity contribution >= 4 is 40.6 Å². The van der Waals surface area contributed by atoms with E-state index in [4.69, 9.17) is 20.9 Å². The summed E-state index contributed by atoms with van der Waals surface area (Å²) in [6, 6.07) is 10.8. The molecule has 0 radical (unpaired) electrons. The van der Waals surface area contributed by atoms with Gasteiger partial charge in [-0.15, -0.1) is 11.8 Å². The van der Waals surface area contributed by atoms with E-state index in [1.165, 1.54) is 5.56 Å². The predicted octanol–water partition coefficient (Wildman–Crippen LogP) is 6.42. The lowest BCUT2D eigenvalue weighted by Crippen LogP contribution is -2.20. The summed E-state index contributed by atoms with van der Waals surface area (Å²) >= 11 is 9.23. The van der Waals surface area contributed by atoms with Crippen LogP contribution < -0.4 is 0 Å². The van der Waals surface area contributed by atoms with Crippen molar-refractivity contribution in [2.75, 3.05) is 18.3 Å². The van der Waals surface area contributed by atoms with Gasteiger partial charge in [0.25, 0.3) is 0 Å². The van der Waals surface area contributed by atoms with Crippen LogP contribution in [0.4, 0.5) is 0 Å². The Morgan fingerprint density at radius 1 is 1.00 bits per heavy atom. The zero-order valence-electron chi connectivity index (χ0n) is 13.9. The molecule has 0 N–H and O–H groups in total. The molecule has 0 aliphatic rings. The second kappa shape index (κ2) is 10.4. The molecule has 0 aliphatic carbocycles. The fraction of sp³-hybridized carbons (Fsp3) is 0.625. The molecule has 22 heavy (non-hydrogen) atoms. The van der Waals surface area contributed by atoms with Crippen LogP contribution >= 0.6 is 28.8 Å². The van der Waals surface area contributed by atoms with Crippen molar-refractivity contribution in [2.24, 2.45) is 0 Å². The highest BCUT2D eigenvalue weighted by molar-refractivity contribution is 8.69. The van der Waals surface area contributed by atoms with Gasteiger partial charge in [0, 0.05) is 9.83 Å². The molecule has 1 rings (SSSR count). The minimum Gasteiger partial charge on any atom is -0.322 e. The Morgan fingerprint density at radius 2 is 1.55 bits per heavy atom. The summed E-state index contributed by atoms with van der Waals surface area (Å²) in [5.41, 5.74) is -0.794. The number of benzene rings is 1. The molecule has 1 aromatic rings. The van der Waals surface area contributed by atoms with Crippen LogP contribution in [-0.2, 0) is 25.6 Å². The molecular weight excluding hydrogens is 351 g/mol. The van der Waals surface area contributed by atoms with E-state index in [0.717, 1.165) is 17.9 Å². The highest BCUT2D eigenvalue weighted by Crippen LogP contribution is 2.63. The van der Waals surface area contributed by atoms with Gasteiger partial charge in [0.1, 0.15) is 0 Å². The van der Waals surface area contributed by atoms with Crippen LogP contribution in [0.5, 0.6) is 0 Å². The third-order valence-corrected chi connectivity index (χ3v) is 11.4. The van der Waals surface area contributed by atoms with Crippen molar-refractivity contribution < 1.29 is 9.05 Å². The topological polar surface area (TPSA) is 18.5 Å². The monoisotopic (exact) mass is 378 g/mol. The Morgan fingerprint density at radius 3 is 2.00 bits per heavy atom. The normalized spacial score (nSPS) is 12.5. The Balaban J connectivity index is 2.75. The molecule has 6 heteroatoms. The predicted molar refractivity (Wildman–Crippen MR) is 106 cm³/mol. The van der Waals surface area contributed by atoms with Crippen molar-refractivity contribution in [3.8, 4) is 0 Å². The van der Waals surface area contributed by atoms with Crippen molar-refractivity contribution in [3.63, 3.8) is 0 Å². The van der Waals surface area contributed by atoms with Gasteiger partial charge in [0.15, 0.2) is 0 Å². The van der Waals surface area contributed by atoms with E-state index in [9.17, 15) is 0 Å². The lowest BCUT2D eigenvalue weighted by molar-refractivity contribution is 0.280. The minimum atomic E-state index is -2.19. The first-order valence-corrected chi connectivity index (χ1v) is 13.0. The molecule has 0 bridgehead atoms. The van der Waals surface area contributed by atoms with Crippen LogP contribution in [0, 0.1) is 0 Å². The molecule has 0 amide bonds. The van der Waals surface area contributed by atoms with Gasteiger partial charge in [-0.05, 0) is 44.1 Å². The van der Waals surface area contributed by atoms with Crippen LogP contribution in [0.3, 0.4) is 0 Å². The highest BCUT2D eigenvalue weighted by Gasteiger charge is 2.30. The molecular formula is C16H27O2PS3. The smallest absolute Gasteiger partial charge is 0.248 e. The fourth-order valence-corrected chi connectivity index (χ4v) is 10.0. The molecule has 0 aliphatic heterocycles. The molecule has 126 valence electrons. The summed E-state index contributed by atoms with van der Waals surface area (Å²) in [6.07, 6.45) is 2.20. The van der Waals surface area contributed by atoms with Gasteiger partial charge in [-0.3, -0.25) is 0 Å². The maximum absolute atomic E-state index is 5.71. The molecule has 1 aromatic carbocycles. The maximum Gasteiger partial charge on any atom is 0.248 e. The van der Waals surface area contributed by atoms with Gasteiger partial charge < -0.3 is 9.05 Å². The van der Waals surface area contributed by atoms with E-state index in [2.05, 4.69) is 44.2 Å². The van der Waals surface area contributed by atoms with Gasteiger partial charge >= 0.3 is 0 Å². The van der Waals surface area contributed by atoms with E-state index >= 15 is 0 Å². The van der Waals surface area contributed by atoms with Gasteiger partial charge in [0.2, 0.25) is 5.69 Å². The lowest BCUT2D eigenvalue weighted by Gasteiger charge is -2.32. The quantitative estimate of drug-likeness (QED) is 0.325. The SMILES string of the molecule is CCOP(=S)(OCC)SCSC(CC)(CC)c1ccccc1. The Hall–Kier alpha value is 0.490. The van der Waals surface area contributed by atoms with Crippen molar-refractivity contribution in [3.05, 3.63) is 35.9 Å². The van der Waals surface area contributed by atoms with E-state index in [0.29, 0.717) is 13.2 Å². The first-order chi connectivity index (χ1) is 10.6. The van der Waals surface area contributed by atoms with Crippen LogP contribution in [-0.4, -0.2) is 18.3 Å². The van der Waals surface area contributed by atoms with Gasteiger partial charge in [-0.25, -0.2) is 0 Å². The van der Waals surface area contributed by atoms with Gasteiger partial charge in [-0.1, -0.05) is 55.6 Å². The molecule has 0 heterocycles. The highest BCUT2D eigenvalue weighted by atomic mass is 32.9. The van der Waals surface area contributed by atoms with Crippen LogP contribution in [0.2, 0.25) is 0 Å². The van der Waals surface area contributed by atoms with Crippen molar-refractivity contribution in [1.29, 1.82) is 0 Å². The maximum atomic E-state index is 5.71. The van der Waals surface area contributed by atoms with Crippen molar-refractivity contribution in [1.82, 2.24) is 0 Å². The largest absolute Gasteiger partial charge is 0.322 e. The second-order valence-corrected chi connectivity index (χ2v) is 12.8. The van der Waals surface area contributed by atoms with E-state index in [1.54, 1.807) is 11.4 Å². The fourth-order valence-electron chi connectivity index (χ4n) is 2.32. The second-order valence-electron chi connectivity index (χ2n) is 4.74. The molecule has 0 saturated carbocycles. The summed E-state index contributed by atoms with van der Waals surface area (Å²) in [4.78, 5) is 0. The molecule has 0 aromatic heterocycles. The standard InChI is InChI=1S/C16H27O2PS3/c1-5-16(6-2,15-12-10-9-11-13-15)21-14-22-19(20,17-7-3)18-8-4/h9-13H,5-8,14H2,1-4H3. The third kappa shape index (κ3) is 5.85. The minimum absolute atomic E-state index is 0.146. The first kappa shape index (κ1) is 20.5. The van der Waals surface area contributed by atoms with Crippen LogP contribution in [0.15, 0.2) is 30.3 Å².